The van der Waals surface area contributed by atoms with Crippen LogP contribution in [0.1, 0.15) is 19.4 Å². The van der Waals surface area contributed by atoms with E-state index in [4.69, 9.17) is 0 Å². The number of pyridine rings is 1. The average Bonchev–Trinajstić information content (AvgIpc) is 2.37. The van der Waals surface area contributed by atoms with Crippen LogP contribution in [0.25, 0.3) is 0 Å². The van der Waals surface area contributed by atoms with Crippen LogP contribution in [-0.2, 0) is 11.3 Å². The second-order valence-corrected chi connectivity index (χ2v) is 4.11. The summed E-state index contributed by atoms with van der Waals surface area (Å²) in [6.07, 6.45) is 1.84. The molecule has 2 N–H and O–H groups in total. The molecular weight excluding hydrogens is 228 g/mol. The normalized spacial score (nSPS) is 10.2. The van der Waals surface area contributed by atoms with Gasteiger partial charge in [-0.3, -0.25) is 4.79 Å². The molecule has 0 bridgehead atoms. The number of rotatable bonds is 7. The molecule has 0 aromatic carbocycles. The summed E-state index contributed by atoms with van der Waals surface area (Å²) in [7, 11) is 1.86. The van der Waals surface area contributed by atoms with E-state index in [1.54, 1.807) is 0 Å². The topological polar surface area (TPSA) is 57.3 Å². The van der Waals surface area contributed by atoms with Gasteiger partial charge in [0.25, 0.3) is 0 Å². The zero-order chi connectivity index (χ0) is 13.4. The Balaban J connectivity index is 2.53. The fourth-order valence-electron chi connectivity index (χ4n) is 1.57. The van der Waals surface area contributed by atoms with Gasteiger partial charge in [0.1, 0.15) is 5.82 Å². The molecule has 0 atom stereocenters. The van der Waals surface area contributed by atoms with Crippen LogP contribution >= 0.6 is 0 Å². The minimum Gasteiger partial charge on any atom is -0.355 e. The number of carbonyl (C=O) groups excluding carboxylic acids is 1. The van der Waals surface area contributed by atoms with Gasteiger partial charge in [-0.25, -0.2) is 4.98 Å². The average molecular weight is 250 g/mol. The summed E-state index contributed by atoms with van der Waals surface area (Å²) in [4.78, 5) is 17.6. The van der Waals surface area contributed by atoms with E-state index in [9.17, 15) is 4.79 Å². The molecule has 0 aliphatic carbocycles. The minimum atomic E-state index is 0.0125. The van der Waals surface area contributed by atoms with Gasteiger partial charge in [-0.1, -0.05) is 13.0 Å². The van der Waals surface area contributed by atoms with Gasteiger partial charge in [-0.15, -0.1) is 0 Å². The van der Waals surface area contributed by atoms with Gasteiger partial charge < -0.3 is 15.5 Å². The second-order valence-electron chi connectivity index (χ2n) is 4.11. The van der Waals surface area contributed by atoms with E-state index < -0.39 is 0 Å². The van der Waals surface area contributed by atoms with Crippen molar-refractivity contribution in [1.29, 1.82) is 0 Å². The highest BCUT2D eigenvalue weighted by Gasteiger charge is 2.07. The Morgan fingerprint density at radius 2 is 2.11 bits per heavy atom. The number of nitrogens with zero attached hydrogens (tertiary/aromatic N) is 2. The minimum absolute atomic E-state index is 0.0125. The fourth-order valence-corrected chi connectivity index (χ4v) is 1.57. The molecule has 0 aliphatic rings. The number of nitrogens with one attached hydrogen (secondary N) is 2. The standard InChI is InChI=1S/C13H22N4O/c1-4-14-8-11-6-7-12(16-9-11)17(3)10-13(18)15-5-2/h6-7,9,14H,4-5,8,10H2,1-3H3,(H,15,18). The molecule has 0 fully saturated rings. The van der Waals surface area contributed by atoms with Crippen LogP contribution in [0.3, 0.4) is 0 Å². The van der Waals surface area contributed by atoms with Crippen molar-refractivity contribution in [3.8, 4) is 0 Å². The number of amides is 1. The maximum Gasteiger partial charge on any atom is 0.239 e. The molecule has 1 rings (SSSR count). The van der Waals surface area contributed by atoms with Gasteiger partial charge in [0.05, 0.1) is 6.54 Å². The highest BCUT2D eigenvalue weighted by atomic mass is 16.2. The first-order valence-corrected chi connectivity index (χ1v) is 6.30. The lowest BCUT2D eigenvalue weighted by atomic mass is 10.2. The number of hydrogen-bond acceptors (Lipinski definition) is 4. The first-order chi connectivity index (χ1) is 8.67. The van der Waals surface area contributed by atoms with E-state index in [0.717, 1.165) is 24.5 Å². The van der Waals surface area contributed by atoms with E-state index in [2.05, 4.69) is 22.5 Å². The largest absolute Gasteiger partial charge is 0.355 e. The van der Waals surface area contributed by atoms with Gasteiger partial charge >= 0.3 is 0 Å². The molecule has 5 heteroatoms. The Hall–Kier alpha value is -1.62. The number of likely N-dealkylation sites (N-methyl/N-ethyl adjacent to an activating group) is 2. The van der Waals surface area contributed by atoms with Crippen molar-refractivity contribution in [2.75, 3.05) is 31.6 Å². The van der Waals surface area contributed by atoms with Gasteiger partial charge in [0.15, 0.2) is 0 Å². The lowest BCUT2D eigenvalue weighted by Crippen LogP contribution is -2.35. The summed E-state index contributed by atoms with van der Waals surface area (Å²) in [5.41, 5.74) is 1.15. The third-order valence-corrected chi connectivity index (χ3v) is 2.53. The Bertz CT molecular complexity index is 364. The number of carbonyl (C=O) groups is 1. The van der Waals surface area contributed by atoms with E-state index >= 15 is 0 Å². The van der Waals surface area contributed by atoms with Crippen molar-refractivity contribution in [2.45, 2.75) is 20.4 Å². The van der Waals surface area contributed by atoms with Crippen LogP contribution in [0.4, 0.5) is 5.82 Å². The lowest BCUT2D eigenvalue weighted by molar-refractivity contribution is -0.119. The molecule has 0 unspecified atom stereocenters. The van der Waals surface area contributed by atoms with Crippen LogP contribution in [-0.4, -0.2) is 37.6 Å². The van der Waals surface area contributed by atoms with Crippen LogP contribution in [0.5, 0.6) is 0 Å². The lowest BCUT2D eigenvalue weighted by Gasteiger charge is -2.17. The smallest absolute Gasteiger partial charge is 0.239 e. The zero-order valence-electron chi connectivity index (χ0n) is 11.4. The molecule has 1 amide bonds. The van der Waals surface area contributed by atoms with E-state index in [-0.39, 0.29) is 5.91 Å². The van der Waals surface area contributed by atoms with Crippen molar-refractivity contribution in [3.63, 3.8) is 0 Å². The molecule has 0 aliphatic heterocycles. The van der Waals surface area contributed by atoms with Crippen molar-refractivity contribution in [3.05, 3.63) is 23.9 Å². The summed E-state index contributed by atoms with van der Waals surface area (Å²) >= 11 is 0. The van der Waals surface area contributed by atoms with Crippen molar-refractivity contribution < 1.29 is 4.79 Å². The first kappa shape index (κ1) is 14.4. The van der Waals surface area contributed by atoms with Gasteiger partial charge in [-0.05, 0) is 25.1 Å². The van der Waals surface area contributed by atoms with Crippen LogP contribution in [0.2, 0.25) is 0 Å². The molecule has 0 spiro atoms. The van der Waals surface area contributed by atoms with E-state index in [1.807, 2.05) is 37.2 Å². The third-order valence-electron chi connectivity index (χ3n) is 2.53. The third kappa shape index (κ3) is 4.71. The molecule has 1 aromatic rings. The number of hydrogen-bond donors (Lipinski definition) is 2. The molecule has 100 valence electrons. The molecule has 1 heterocycles. The maximum atomic E-state index is 11.4. The molecule has 0 radical (unpaired) electrons. The Labute approximate surface area is 109 Å². The molecule has 0 saturated heterocycles. The SMILES string of the molecule is CCNCc1ccc(N(C)CC(=O)NCC)nc1. The number of anilines is 1. The Kier molecular flexibility index (Phi) is 6.14. The molecular formula is C13H22N4O. The number of aromatic nitrogens is 1. The van der Waals surface area contributed by atoms with Crippen molar-refractivity contribution in [2.24, 2.45) is 0 Å². The molecule has 5 nitrogen and oxygen atoms in total. The van der Waals surface area contributed by atoms with Crippen molar-refractivity contribution >= 4 is 11.7 Å². The summed E-state index contributed by atoms with van der Waals surface area (Å²) in [6, 6.07) is 3.96. The van der Waals surface area contributed by atoms with Gasteiger partial charge in [0.2, 0.25) is 5.91 Å². The zero-order valence-corrected chi connectivity index (χ0v) is 11.4. The van der Waals surface area contributed by atoms with E-state index in [0.29, 0.717) is 13.1 Å². The summed E-state index contributed by atoms with van der Waals surface area (Å²) in [6.45, 7) is 6.73. The van der Waals surface area contributed by atoms with Gasteiger partial charge in [-0.2, -0.15) is 0 Å². The predicted octanol–water partition coefficient (Wildman–Crippen LogP) is 0.763. The first-order valence-electron chi connectivity index (χ1n) is 6.30. The summed E-state index contributed by atoms with van der Waals surface area (Å²) in [5.74, 6) is 0.819. The Morgan fingerprint density at radius 3 is 2.67 bits per heavy atom. The predicted molar refractivity (Wildman–Crippen MR) is 73.6 cm³/mol. The quantitative estimate of drug-likeness (QED) is 0.750. The molecule has 1 aromatic heterocycles. The molecule has 0 saturated carbocycles. The molecule has 18 heavy (non-hydrogen) atoms. The van der Waals surface area contributed by atoms with Crippen molar-refractivity contribution in [1.82, 2.24) is 15.6 Å². The fraction of sp³-hybridized carbons (Fsp3) is 0.538. The monoisotopic (exact) mass is 250 g/mol. The Morgan fingerprint density at radius 1 is 1.33 bits per heavy atom. The van der Waals surface area contributed by atoms with E-state index in [1.165, 1.54) is 0 Å². The van der Waals surface area contributed by atoms with Crippen LogP contribution in [0.15, 0.2) is 18.3 Å². The maximum absolute atomic E-state index is 11.4. The summed E-state index contributed by atoms with van der Waals surface area (Å²) in [5, 5.41) is 6.01. The van der Waals surface area contributed by atoms with Gasteiger partial charge in [0, 0.05) is 26.3 Å². The second kappa shape index (κ2) is 7.66. The highest BCUT2D eigenvalue weighted by Crippen LogP contribution is 2.09. The van der Waals surface area contributed by atoms with Crippen LogP contribution in [0, 0.1) is 0 Å². The summed E-state index contributed by atoms with van der Waals surface area (Å²) < 4.78 is 0. The highest BCUT2D eigenvalue weighted by molar-refractivity contribution is 5.80. The van der Waals surface area contributed by atoms with Crippen LogP contribution < -0.4 is 15.5 Å².